The second-order valence-electron chi connectivity index (χ2n) is 4.53. The molecule has 0 radical (unpaired) electrons. The number of para-hydroxylation sites is 1. The largest absolute Gasteiger partial charge is 0.493 e. The second kappa shape index (κ2) is 4.37. The summed E-state index contributed by atoms with van der Waals surface area (Å²) in [7, 11) is 1.65. The zero-order chi connectivity index (χ0) is 11.7. The van der Waals surface area contributed by atoms with Crippen LogP contribution < -0.4 is 10.1 Å². The summed E-state index contributed by atoms with van der Waals surface area (Å²) in [5.74, 6) is 1.43. The van der Waals surface area contributed by atoms with E-state index in [-0.39, 0.29) is 0 Å². The zero-order valence-corrected chi connectivity index (χ0v) is 9.90. The molecule has 1 aromatic heterocycles. The molecule has 1 unspecified atom stereocenters. The van der Waals surface area contributed by atoms with Gasteiger partial charge in [0, 0.05) is 5.39 Å². The van der Waals surface area contributed by atoms with Crippen LogP contribution in [-0.2, 0) is 6.42 Å². The molecule has 3 rings (SSSR count). The smallest absolute Gasteiger partial charge is 0.208 e. The first kappa shape index (κ1) is 10.6. The molecular formula is C13H16N2O2. The molecule has 1 aliphatic rings. The summed E-state index contributed by atoms with van der Waals surface area (Å²) in [6.45, 7) is 2.20. The second-order valence-corrected chi connectivity index (χ2v) is 4.53. The average Bonchev–Trinajstić information content (AvgIpc) is 2.99. The van der Waals surface area contributed by atoms with Crippen molar-refractivity contribution in [2.45, 2.75) is 12.8 Å². The number of methoxy groups -OCH3 is 1. The summed E-state index contributed by atoms with van der Waals surface area (Å²) in [6.07, 6.45) is 2.20. The van der Waals surface area contributed by atoms with Crippen molar-refractivity contribution in [2.24, 2.45) is 5.92 Å². The first-order valence-corrected chi connectivity index (χ1v) is 6.00. The summed E-state index contributed by atoms with van der Waals surface area (Å²) in [5, 5.41) is 8.64. The van der Waals surface area contributed by atoms with Crippen LogP contribution in [0.1, 0.15) is 12.1 Å². The molecule has 0 saturated carbocycles. The maximum absolute atomic E-state index is 5.39. The lowest BCUT2D eigenvalue weighted by Gasteiger charge is -2.04. The van der Waals surface area contributed by atoms with E-state index in [1.54, 1.807) is 7.11 Å². The molecule has 1 aromatic carbocycles. The Morgan fingerprint density at radius 2 is 2.47 bits per heavy atom. The Morgan fingerprint density at radius 3 is 3.24 bits per heavy atom. The van der Waals surface area contributed by atoms with Crippen LogP contribution in [0.2, 0.25) is 0 Å². The van der Waals surface area contributed by atoms with Gasteiger partial charge in [-0.3, -0.25) is 0 Å². The van der Waals surface area contributed by atoms with E-state index in [0.717, 1.165) is 41.9 Å². The predicted octanol–water partition coefficient (Wildman–Crippen LogP) is 1.99. The minimum Gasteiger partial charge on any atom is -0.493 e. The van der Waals surface area contributed by atoms with Gasteiger partial charge in [-0.05, 0) is 44.0 Å². The van der Waals surface area contributed by atoms with Gasteiger partial charge in [0.15, 0.2) is 5.75 Å². The fourth-order valence-corrected chi connectivity index (χ4v) is 2.46. The van der Waals surface area contributed by atoms with Crippen molar-refractivity contribution >= 4 is 11.0 Å². The number of rotatable bonds is 3. The van der Waals surface area contributed by atoms with Crippen LogP contribution in [0.25, 0.3) is 11.0 Å². The van der Waals surface area contributed by atoms with E-state index in [9.17, 15) is 0 Å². The molecule has 1 saturated heterocycles. The Morgan fingerprint density at radius 1 is 1.53 bits per heavy atom. The molecule has 4 heteroatoms. The Labute approximate surface area is 99.9 Å². The quantitative estimate of drug-likeness (QED) is 0.879. The monoisotopic (exact) mass is 232 g/mol. The highest BCUT2D eigenvalue weighted by Gasteiger charge is 2.19. The topological polar surface area (TPSA) is 47.3 Å². The van der Waals surface area contributed by atoms with Gasteiger partial charge in [-0.15, -0.1) is 0 Å². The van der Waals surface area contributed by atoms with E-state index >= 15 is 0 Å². The normalized spacial score (nSPS) is 19.9. The van der Waals surface area contributed by atoms with E-state index in [1.165, 1.54) is 6.42 Å². The highest BCUT2D eigenvalue weighted by Crippen LogP contribution is 2.29. The number of fused-ring (bicyclic) bond motifs is 1. The molecular weight excluding hydrogens is 216 g/mol. The van der Waals surface area contributed by atoms with Crippen LogP contribution in [-0.4, -0.2) is 25.4 Å². The van der Waals surface area contributed by atoms with Gasteiger partial charge in [0.2, 0.25) is 5.58 Å². The van der Waals surface area contributed by atoms with Gasteiger partial charge in [-0.1, -0.05) is 11.2 Å². The van der Waals surface area contributed by atoms with Crippen molar-refractivity contribution in [3.8, 4) is 5.75 Å². The summed E-state index contributed by atoms with van der Waals surface area (Å²) in [6, 6.07) is 5.93. The van der Waals surface area contributed by atoms with E-state index in [1.807, 2.05) is 18.2 Å². The van der Waals surface area contributed by atoms with Gasteiger partial charge in [0.1, 0.15) is 0 Å². The maximum atomic E-state index is 5.39. The first-order valence-electron chi connectivity index (χ1n) is 6.00. The number of nitrogens with one attached hydrogen (secondary N) is 1. The lowest BCUT2D eigenvalue weighted by molar-refractivity contribution is 0.388. The third-order valence-electron chi connectivity index (χ3n) is 3.40. The van der Waals surface area contributed by atoms with Crippen molar-refractivity contribution < 1.29 is 9.26 Å². The van der Waals surface area contributed by atoms with Crippen LogP contribution >= 0.6 is 0 Å². The van der Waals surface area contributed by atoms with Crippen molar-refractivity contribution in [3.05, 3.63) is 23.9 Å². The Bertz CT molecular complexity index is 515. The van der Waals surface area contributed by atoms with Gasteiger partial charge >= 0.3 is 0 Å². The molecule has 4 nitrogen and oxygen atoms in total. The van der Waals surface area contributed by atoms with Crippen LogP contribution in [0.3, 0.4) is 0 Å². The Kier molecular flexibility index (Phi) is 2.73. The van der Waals surface area contributed by atoms with Gasteiger partial charge in [-0.2, -0.15) is 0 Å². The van der Waals surface area contributed by atoms with E-state index in [0.29, 0.717) is 5.92 Å². The third-order valence-corrected chi connectivity index (χ3v) is 3.40. The van der Waals surface area contributed by atoms with Gasteiger partial charge in [-0.25, -0.2) is 0 Å². The fourth-order valence-electron chi connectivity index (χ4n) is 2.46. The standard InChI is InChI=1S/C13H16N2O2/c1-16-12-4-2-3-10-11(15-17-13(10)12)7-9-5-6-14-8-9/h2-4,9,14H,5-8H2,1H3. The average molecular weight is 232 g/mol. The SMILES string of the molecule is COc1cccc2c(CC3CCNC3)noc12. The number of hydrogen-bond acceptors (Lipinski definition) is 4. The van der Waals surface area contributed by atoms with E-state index in [4.69, 9.17) is 9.26 Å². The lowest BCUT2D eigenvalue weighted by Crippen LogP contribution is -2.10. The minimum atomic E-state index is 0.675. The van der Waals surface area contributed by atoms with Gasteiger partial charge in [0.05, 0.1) is 12.8 Å². The fraction of sp³-hybridized carbons (Fsp3) is 0.462. The zero-order valence-electron chi connectivity index (χ0n) is 9.90. The number of ether oxygens (including phenoxy) is 1. The van der Waals surface area contributed by atoms with Crippen LogP contribution in [0.15, 0.2) is 22.7 Å². The Balaban J connectivity index is 1.94. The molecule has 0 aliphatic carbocycles. The predicted molar refractivity (Wildman–Crippen MR) is 65.2 cm³/mol. The van der Waals surface area contributed by atoms with E-state index in [2.05, 4.69) is 10.5 Å². The van der Waals surface area contributed by atoms with Crippen LogP contribution in [0.4, 0.5) is 0 Å². The molecule has 0 spiro atoms. The van der Waals surface area contributed by atoms with Gasteiger partial charge < -0.3 is 14.6 Å². The van der Waals surface area contributed by atoms with Crippen molar-refractivity contribution in [1.29, 1.82) is 0 Å². The number of nitrogens with zero attached hydrogens (tertiary/aromatic N) is 1. The molecule has 1 fully saturated rings. The minimum absolute atomic E-state index is 0.675. The summed E-state index contributed by atoms with van der Waals surface area (Å²) >= 11 is 0. The molecule has 0 amide bonds. The molecule has 17 heavy (non-hydrogen) atoms. The molecule has 2 aromatic rings. The number of benzene rings is 1. The van der Waals surface area contributed by atoms with Crippen molar-refractivity contribution in [3.63, 3.8) is 0 Å². The third kappa shape index (κ3) is 1.89. The lowest BCUT2D eigenvalue weighted by atomic mass is 10.0. The summed E-state index contributed by atoms with van der Waals surface area (Å²) in [4.78, 5) is 0. The van der Waals surface area contributed by atoms with E-state index < -0.39 is 0 Å². The van der Waals surface area contributed by atoms with Gasteiger partial charge in [0.25, 0.3) is 0 Å². The molecule has 0 bridgehead atoms. The van der Waals surface area contributed by atoms with Crippen LogP contribution in [0, 0.1) is 5.92 Å². The molecule has 1 atom stereocenters. The highest BCUT2D eigenvalue weighted by molar-refractivity contribution is 5.84. The molecule has 1 aliphatic heterocycles. The van der Waals surface area contributed by atoms with Crippen molar-refractivity contribution in [1.82, 2.24) is 10.5 Å². The Hall–Kier alpha value is -1.55. The number of aromatic nitrogens is 1. The number of hydrogen-bond donors (Lipinski definition) is 1. The molecule has 1 N–H and O–H groups in total. The highest BCUT2D eigenvalue weighted by atomic mass is 16.5. The summed E-state index contributed by atoms with van der Waals surface area (Å²) < 4.78 is 10.7. The van der Waals surface area contributed by atoms with Crippen LogP contribution in [0.5, 0.6) is 5.75 Å². The first-order chi connectivity index (χ1) is 8.38. The molecule has 90 valence electrons. The maximum Gasteiger partial charge on any atom is 0.208 e. The van der Waals surface area contributed by atoms with Crippen molar-refractivity contribution in [2.75, 3.05) is 20.2 Å². The molecule has 2 heterocycles. The summed E-state index contributed by atoms with van der Waals surface area (Å²) in [5.41, 5.74) is 1.81.